The molecule has 0 aromatic rings. The minimum Gasteiger partial charge on any atom is -0.481 e. The third-order valence-corrected chi connectivity index (χ3v) is 3.96. The topological polar surface area (TPSA) is 96.3 Å². The van der Waals surface area contributed by atoms with Crippen LogP contribution in [0.4, 0.5) is 4.79 Å². The van der Waals surface area contributed by atoms with Crippen molar-refractivity contribution in [3.8, 4) is 0 Å². The van der Waals surface area contributed by atoms with Crippen LogP contribution in [-0.2, 0) is 14.3 Å². The first kappa shape index (κ1) is 16.0. The summed E-state index contributed by atoms with van der Waals surface area (Å²) in [5.41, 5.74) is -1.69. The third kappa shape index (κ3) is 3.29. The average molecular weight is 301 g/mol. The van der Waals surface area contributed by atoms with Crippen molar-refractivity contribution < 1.29 is 29.3 Å². The number of aliphatic hydroxyl groups is 1. The fourth-order valence-electron chi connectivity index (χ4n) is 2.83. The Balaban J connectivity index is 2.04. The molecule has 0 aromatic heterocycles. The smallest absolute Gasteiger partial charge is 0.410 e. The van der Waals surface area contributed by atoms with Crippen LogP contribution in [0.1, 0.15) is 33.6 Å². The molecule has 21 heavy (non-hydrogen) atoms. The number of carbonyl (C=O) groups is 2. The van der Waals surface area contributed by atoms with E-state index in [1.54, 1.807) is 20.8 Å². The number of morpholine rings is 1. The van der Waals surface area contributed by atoms with E-state index in [0.29, 0.717) is 6.54 Å². The van der Waals surface area contributed by atoms with Crippen LogP contribution in [0.2, 0.25) is 0 Å². The first-order valence-corrected chi connectivity index (χ1v) is 7.15. The molecule has 1 aliphatic carbocycles. The quantitative estimate of drug-likeness (QED) is 0.785. The van der Waals surface area contributed by atoms with Crippen molar-refractivity contribution in [2.24, 2.45) is 5.41 Å². The van der Waals surface area contributed by atoms with Gasteiger partial charge in [-0.25, -0.2) is 4.79 Å². The predicted octanol–water partition coefficient (Wildman–Crippen LogP) is 0.848. The van der Waals surface area contributed by atoms with E-state index in [0.717, 1.165) is 0 Å². The summed E-state index contributed by atoms with van der Waals surface area (Å²) in [4.78, 5) is 25.1. The Bertz CT molecular complexity index is 424. The summed E-state index contributed by atoms with van der Waals surface area (Å²) in [5, 5.41) is 18.9. The number of aliphatic carboxylic acids is 1. The first-order chi connectivity index (χ1) is 9.64. The lowest BCUT2D eigenvalue weighted by atomic mass is 9.63. The molecular weight excluding hydrogens is 278 g/mol. The third-order valence-electron chi connectivity index (χ3n) is 3.96. The van der Waals surface area contributed by atoms with Crippen LogP contribution in [0.15, 0.2) is 0 Å². The second-order valence-corrected chi connectivity index (χ2v) is 6.81. The lowest BCUT2D eigenvalue weighted by Gasteiger charge is -2.49. The van der Waals surface area contributed by atoms with Gasteiger partial charge in [0.2, 0.25) is 0 Å². The van der Waals surface area contributed by atoms with Crippen molar-refractivity contribution in [3.05, 3.63) is 0 Å². The molecule has 1 saturated carbocycles. The monoisotopic (exact) mass is 301 g/mol. The average Bonchev–Trinajstić information content (AvgIpc) is 2.32. The van der Waals surface area contributed by atoms with Crippen molar-refractivity contribution in [1.82, 2.24) is 4.90 Å². The summed E-state index contributed by atoms with van der Waals surface area (Å²) in [6, 6.07) is 0. The number of hydrogen-bond acceptors (Lipinski definition) is 5. The van der Waals surface area contributed by atoms with Gasteiger partial charge in [0.25, 0.3) is 0 Å². The molecule has 0 spiro atoms. The SMILES string of the molecule is CC(C)(C)OC(=O)N1CCOC(C2(C(=O)O)CC(O)C2)C1. The van der Waals surface area contributed by atoms with Gasteiger partial charge >= 0.3 is 12.1 Å². The van der Waals surface area contributed by atoms with Crippen LogP contribution < -0.4 is 0 Å². The van der Waals surface area contributed by atoms with Crippen LogP contribution in [0, 0.1) is 5.41 Å². The Hall–Kier alpha value is -1.34. The molecule has 2 N–H and O–H groups in total. The molecule has 1 unspecified atom stereocenters. The summed E-state index contributed by atoms with van der Waals surface area (Å²) in [6.07, 6.45) is -1.36. The van der Waals surface area contributed by atoms with Gasteiger partial charge in [0.15, 0.2) is 0 Å². The van der Waals surface area contributed by atoms with Gasteiger partial charge in [0.1, 0.15) is 11.0 Å². The molecule has 1 amide bonds. The molecule has 2 aliphatic rings. The maximum Gasteiger partial charge on any atom is 0.410 e. The zero-order valence-corrected chi connectivity index (χ0v) is 12.7. The Kier molecular flexibility index (Phi) is 4.17. The van der Waals surface area contributed by atoms with Gasteiger partial charge < -0.3 is 24.6 Å². The van der Waals surface area contributed by atoms with Gasteiger partial charge in [-0.2, -0.15) is 0 Å². The van der Waals surface area contributed by atoms with Crippen LogP contribution in [-0.4, -0.2) is 64.7 Å². The van der Waals surface area contributed by atoms with Gasteiger partial charge in [-0.15, -0.1) is 0 Å². The first-order valence-electron chi connectivity index (χ1n) is 7.15. The molecule has 1 atom stereocenters. The zero-order chi connectivity index (χ0) is 15.8. The molecule has 1 aliphatic heterocycles. The standard InChI is InChI=1S/C14H23NO6/c1-13(2,3)21-12(19)15-4-5-20-10(8-15)14(11(17)18)6-9(16)7-14/h9-10,16H,4-8H2,1-3H3,(H,17,18). The van der Waals surface area contributed by atoms with E-state index < -0.39 is 35.3 Å². The largest absolute Gasteiger partial charge is 0.481 e. The highest BCUT2D eigenvalue weighted by molar-refractivity contribution is 5.77. The number of rotatable bonds is 2. The maximum absolute atomic E-state index is 12.1. The van der Waals surface area contributed by atoms with Crippen LogP contribution in [0.25, 0.3) is 0 Å². The zero-order valence-electron chi connectivity index (χ0n) is 12.7. The maximum atomic E-state index is 12.1. The summed E-state index contributed by atoms with van der Waals surface area (Å²) in [5.74, 6) is -0.983. The molecule has 7 heteroatoms. The van der Waals surface area contributed by atoms with Gasteiger partial charge in [-0.3, -0.25) is 4.79 Å². The Morgan fingerprint density at radius 2 is 1.95 bits per heavy atom. The molecular formula is C14H23NO6. The van der Waals surface area contributed by atoms with E-state index >= 15 is 0 Å². The van der Waals surface area contributed by atoms with Gasteiger partial charge in [-0.05, 0) is 33.6 Å². The number of ether oxygens (including phenoxy) is 2. The van der Waals surface area contributed by atoms with E-state index in [1.165, 1.54) is 4.90 Å². The summed E-state index contributed by atoms with van der Waals surface area (Å²) in [7, 11) is 0. The molecule has 2 fully saturated rings. The van der Waals surface area contributed by atoms with Gasteiger partial charge in [0.05, 0.1) is 25.4 Å². The molecule has 0 bridgehead atoms. The molecule has 1 heterocycles. The van der Waals surface area contributed by atoms with E-state index in [2.05, 4.69) is 0 Å². The number of carbonyl (C=O) groups excluding carboxylic acids is 1. The molecule has 120 valence electrons. The van der Waals surface area contributed by atoms with Crippen molar-refractivity contribution in [2.75, 3.05) is 19.7 Å². The minimum atomic E-state index is -1.10. The number of carboxylic acids is 1. The highest BCUT2D eigenvalue weighted by Gasteiger charge is 2.57. The molecule has 0 aromatic carbocycles. The van der Waals surface area contributed by atoms with E-state index in [1.807, 2.05) is 0 Å². The van der Waals surface area contributed by atoms with E-state index in [9.17, 15) is 19.8 Å². The molecule has 7 nitrogen and oxygen atoms in total. The number of aliphatic hydroxyl groups excluding tert-OH is 1. The van der Waals surface area contributed by atoms with E-state index in [4.69, 9.17) is 9.47 Å². The Morgan fingerprint density at radius 3 is 2.43 bits per heavy atom. The second kappa shape index (κ2) is 5.46. The van der Waals surface area contributed by atoms with Gasteiger partial charge in [0, 0.05) is 6.54 Å². The lowest BCUT2D eigenvalue weighted by molar-refractivity contribution is -0.193. The molecule has 2 rings (SSSR count). The normalized spacial score (nSPS) is 33.2. The van der Waals surface area contributed by atoms with Crippen LogP contribution in [0.3, 0.4) is 0 Å². The van der Waals surface area contributed by atoms with Crippen molar-refractivity contribution in [1.29, 1.82) is 0 Å². The fourth-order valence-corrected chi connectivity index (χ4v) is 2.83. The Labute approximate surface area is 123 Å². The van der Waals surface area contributed by atoms with Crippen LogP contribution >= 0.6 is 0 Å². The van der Waals surface area contributed by atoms with Crippen LogP contribution in [0.5, 0.6) is 0 Å². The number of nitrogens with zero attached hydrogens (tertiary/aromatic N) is 1. The van der Waals surface area contributed by atoms with Crippen molar-refractivity contribution in [3.63, 3.8) is 0 Å². The van der Waals surface area contributed by atoms with Crippen molar-refractivity contribution >= 4 is 12.1 Å². The highest BCUT2D eigenvalue weighted by atomic mass is 16.6. The molecule has 1 saturated heterocycles. The Morgan fingerprint density at radius 1 is 1.33 bits per heavy atom. The summed E-state index contributed by atoms with van der Waals surface area (Å²) in [6.45, 7) is 6.17. The number of amides is 1. The van der Waals surface area contributed by atoms with Crippen molar-refractivity contribution in [2.45, 2.75) is 51.4 Å². The lowest BCUT2D eigenvalue weighted by Crippen LogP contribution is -2.61. The fraction of sp³-hybridized carbons (Fsp3) is 0.857. The highest BCUT2D eigenvalue weighted by Crippen LogP contribution is 2.46. The number of carboxylic acid groups (broad SMARTS) is 1. The second-order valence-electron chi connectivity index (χ2n) is 6.81. The minimum absolute atomic E-state index is 0.162. The predicted molar refractivity (Wildman–Crippen MR) is 72.9 cm³/mol. The summed E-state index contributed by atoms with van der Waals surface area (Å²) >= 11 is 0. The molecule has 0 radical (unpaired) electrons. The number of hydrogen-bond donors (Lipinski definition) is 2. The summed E-state index contributed by atoms with van der Waals surface area (Å²) < 4.78 is 10.9. The van der Waals surface area contributed by atoms with Gasteiger partial charge in [-0.1, -0.05) is 0 Å². The van der Waals surface area contributed by atoms with E-state index in [-0.39, 0.29) is 26.0 Å².